The van der Waals surface area contributed by atoms with Crippen molar-refractivity contribution in [2.75, 3.05) is 32.8 Å². The molecule has 4 rings (SSSR count). The number of amides is 1. The van der Waals surface area contributed by atoms with E-state index in [1.54, 1.807) is 6.07 Å². The maximum atomic E-state index is 13.1. The monoisotopic (exact) mass is 394 g/mol. The van der Waals surface area contributed by atoms with E-state index in [4.69, 9.17) is 9.26 Å². The predicted octanol–water partition coefficient (Wildman–Crippen LogP) is 2.95. The molecule has 1 saturated heterocycles. The van der Waals surface area contributed by atoms with Gasteiger partial charge in [-0.15, -0.1) is 0 Å². The summed E-state index contributed by atoms with van der Waals surface area (Å²) in [4.78, 5) is 19.8. The number of carbonyl (C=O) groups excluding carboxylic acids is 1. The summed E-state index contributed by atoms with van der Waals surface area (Å²) in [6.45, 7) is 9.36. The number of hydrogen-bond acceptors (Lipinski definition) is 6. The van der Waals surface area contributed by atoms with Crippen molar-refractivity contribution >= 4 is 17.0 Å². The minimum Gasteiger partial charge on any atom is -0.379 e. The Morgan fingerprint density at radius 1 is 1.17 bits per heavy atom. The van der Waals surface area contributed by atoms with E-state index in [0.717, 1.165) is 18.8 Å². The molecule has 3 heterocycles. The molecule has 2 aromatic heterocycles. The molecular weight excluding hydrogens is 368 g/mol. The first-order chi connectivity index (χ1) is 14.0. The van der Waals surface area contributed by atoms with Crippen molar-refractivity contribution < 1.29 is 14.1 Å². The van der Waals surface area contributed by atoms with Gasteiger partial charge in [0, 0.05) is 25.3 Å². The van der Waals surface area contributed by atoms with Gasteiger partial charge in [0.1, 0.15) is 0 Å². The second kappa shape index (κ2) is 8.31. The largest absolute Gasteiger partial charge is 0.379 e. The Hall–Kier alpha value is -2.77. The molecule has 7 heteroatoms. The summed E-state index contributed by atoms with van der Waals surface area (Å²) in [5.74, 6) is -0.142. The molecule has 1 aromatic carbocycles. The predicted molar refractivity (Wildman–Crippen MR) is 110 cm³/mol. The van der Waals surface area contributed by atoms with Gasteiger partial charge >= 0.3 is 0 Å². The Bertz CT molecular complexity index is 1010. The van der Waals surface area contributed by atoms with Crippen LogP contribution >= 0.6 is 0 Å². The van der Waals surface area contributed by atoms with Gasteiger partial charge in [-0.1, -0.05) is 35.0 Å². The normalized spacial score (nSPS) is 16.1. The standard InChI is InChI=1S/C22H26N4O3/c1-14-4-6-17(7-5-14)19(26-8-10-28-11-9-26)13-23-21(27)18-12-15(2)24-22-20(18)16(3)25-29-22/h4-7,12,19H,8-11,13H2,1-3H3,(H,23,27)/t19-/m1/s1. The lowest BCUT2D eigenvalue weighted by Crippen LogP contribution is -2.43. The van der Waals surface area contributed by atoms with E-state index in [1.807, 2.05) is 13.8 Å². The van der Waals surface area contributed by atoms with E-state index in [1.165, 1.54) is 11.1 Å². The van der Waals surface area contributed by atoms with Crippen LogP contribution in [0.4, 0.5) is 0 Å². The highest BCUT2D eigenvalue weighted by atomic mass is 16.5. The summed E-state index contributed by atoms with van der Waals surface area (Å²) in [5.41, 5.74) is 4.75. The molecule has 1 amide bonds. The maximum Gasteiger partial charge on any atom is 0.258 e. The molecule has 0 saturated carbocycles. The van der Waals surface area contributed by atoms with Crippen LogP contribution < -0.4 is 5.32 Å². The molecule has 1 fully saturated rings. The van der Waals surface area contributed by atoms with Crippen LogP contribution in [-0.4, -0.2) is 53.8 Å². The summed E-state index contributed by atoms with van der Waals surface area (Å²) in [7, 11) is 0. The number of rotatable bonds is 5. The lowest BCUT2D eigenvalue weighted by atomic mass is 10.0. The number of carbonyl (C=O) groups is 1. The molecule has 0 unspecified atom stereocenters. The van der Waals surface area contributed by atoms with E-state index in [0.29, 0.717) is 42.1 Å². The number of aromatic nitrogens is 2. The summed E-state index contributed by atoms with van der Waals surface area (Å²) in [6, 6.07) is 10.4. The van der Waals surface area contributed by atoms with Gasteiger partial charge in [0.2, 0.25) is 0 Å². The molecule has 0 bridgehead atoms. The summed E-state index contributed by atoms with van der Waals surface area (Å²) in [6.07, 6.45) is 0. The lowest BCUT2D eigenvalue weighted by Gasteiger charge is -2.35. The Morgan fingerprint density at radius 2 is 1.90 bits per heavy atom. The molecule has 152 valence electrons. The molecule has 29 heavy (non-hydrogen) atoms. The van der Waals surface area contributed by atoms with Crippen molar-refractivity contribution in [2.24, 2.45) is 0 Å². The molecule has 0 aliphatic carbocycles. The number of nitrogens with zero attached hydrogens (tertiary/aromatic N) is 3. The van der Waals surface area contributed by atoms with Crippen LogP contribution in [0.3, 0.4) is 0 Å². The smallest absolute Gasteiger partial charge is 0.258 e. The Labute approximate surface area is 170 Å². The summed E-state index contributed by atoms with van der Waals surface area (Å²) in [5, 5.41) is 7.76. The Kier molecular flexibility index (Phi) is 5.60. The summed E-state index contributed by atoms with van der Waals surface area (Å²) < 4.78 is 10.8. The van der Waals surface area contributed by atoms with Gasteiger partial charge in [-0.2, -0.15) is 0 Å². The maximum absolute atomic E-state index is 13.1. The lowest BCUT2D eigenvalue weighted by molar-refractivity contribution is 0.0162. The number of benzene rings is 1. The fourth-order valence-corrected chi connectivity index (χ4v) is 3.82. The van der Waals surface area contributed by atoms with E-state index in [2.05, 4.69) is 51.5 Å². The van der Waals surface area contributed by atoms with Crippen molar-refractivity contribution in [3.8, 4) is 0 Å². The van der Waals surface area contributed by atoms with Gasteiger partial charge in [0.25, 0.3) is 11.6 Å². The molecule has 0 spiro atoms. The van der Waals surface area contributed by atoms with Crippen LogP contribution in [0, 0.1) is 20.8 Å². The number of morpholine rings is 1. The SMILES string of the molecule is Cc1ccc([C@@H](CNC(=O)c2cc(C)nc3onc(C)c23)N2CCOCC2)cc1. The van der Waals surface area contributed by atoms with Crippen molar-refractivity contribution in [3.63, 3.8) is 0 Å². The number of pyridine rings is 1. The zero-order valence-corrected chi connectivity index (χ0v) is 17.1. The van der Waals surface area contributed by atoms with Gasteiger partial charge in [0.05, 0.1) is 35.9 Å². The Morgan fingerprint density at radius 3 is 2.62 bits per heavy atom. The molecule has 7 nitrogen and oxygen atoms in total. The first kappa shape index (κ1) is 19.5. The number of ether oxygens (including phenoxy) is 1. The minimum atomic E-state index is -0.142. The fraction of sp³-hybridized carbons (Fsp3) is 0.409. The van der Waals surface area contributed by atoms with Gasteiger partial charge in [0.15, 0.2) is 0 Å². The first-order valence-electron chi connectivity index (χ1n) is 9.93. The fourth-order valence-electron chi connectivity index (χ4n) is 3.82. The third-order valence-electron chi connectivity index (χ3n) is 5.39. The number of aryl methyl sites for hydroxylation is 3. The molecule has 1 aliphatic heterocycles. The van der Waals surface area contributed by atoms with Crippen LogP contribution in [0.25, 0.3) is 11.1 Å². The second-order valence-corrected chi connectivity index (χ2v) is 7.54. The van der Waals surface area contributed by atoms with Gasteiger partial charge in [-0.25, -0.2) is 4.98 Å². The highest BCUT2D eigenvalue weighted by molar-refractivity contribution is 6.06. The van der Waals surface area contributed by atoms with E-state index < -0.39 is 0 Å². The van der Waals surface area contributed by atoms with Crippen molar-refractivity contribution in [1.29, 1.82) is 0 Å². The molecule has 1 N–H and O–H groups in total. The van der Waals surface area contributed by atoms with Crippen LogP contribution in [0.1, 0.15) is 38.9 Å². The van der Waals surface area contributed by atoms with Crippen LogP contribution in [0.15, 0.2) is 34.9 Å². The van der Waals surface area contributed by atoms with E-state index in [9.17, 15) is 4.79 Å². The van der Waals surface area contributed by atoms with Gasteiger partial charge in [-0.05, 0) is 32.4 Å². The van der Waals surface area contributed by atoms with Gasteiger partial charge in [-0.3, -0.25) is 9.69 Å². The summed E-state index contributed by atoms with van der Waals surface area (Å²) >= 11 is 0. The average Bonchev–Trinajstić information content (AvgIpc) is 3.10. The zero-order chi connectivity index (χ0) is 20.4. The second-order valence-electron chi connectivity index (χ2n) is 7.54. The quantitative estimate of drug-likeness (QED) is 0.717. The third-order valence-corrected chi connectivity index (χ3v) is 5.39. The topological polar surface area (TPSA) is 80.5 Å². The van der Waals surface area contributed by atoms with Crippen molar-refractivity contribution in [1.82, 2.24) is 20.4 Å². The first-order valence-corrected chi connectivity index (χ1v) is 9.93. The van der Waals surface area contributed by atoms with Crippen molar-refractivity contribution in [2.45, 2.75) is 26.8 Å². The van der Waals surface area contributed by atoms with E-state index >= 15 is 0 Å². The zero-order valence-electron chi connectivity index (χ0n) is 17.1. The third kappa shape index (κ3) is 4.16. The molecule has 1 atom stereocenters. The highest BCUT2D eigenvalue weighted by Gasteiger charge is 2.24. The number of hydrogen-bond donors (Lipinski definition) is 1. The molecule has 0 radical (unpaired) electrons. The average molecular weight is 394 g/mol. The highest BCUT2D eigenvalue weighted by Crippen LogP contribution is 2.24. The van der Waals surface area contributed by atoms with Crippen LogP contribution in [-0.2, 0) is 4.74 Å². The van der Waals surface area contributed by atoms with Gasteiger partial charge < -0.3 is 14.6 Å². The van der Waals surface area contributed by atoms with Crippen LogP contribution in [0.5, 0.6) is 0 Å². The Balaban J connectivity index is 1.58. The minimum absolute atomic E-state index is 0.0884. The molecule has 1 aliphatic rings. The van der Waals surface area contributed by atoms with Crippen LogP contribution in [0.2, 0.25) is 0 Å². The molecular formula is C22H26N4O3. The number of nitrogens with one attached hydrogen (secondary N) is 1. The number of fused-ring (bicyclic) bond motifs is 1. The molecule has 3 aromatic rings. The van der Waals surface area contributed by atoms with E-state index in [-0.39, 0.29) is 11.9 Å². The van der Waals surface area contributed by atoms with Crippen molar-refractivity contribution in [3.05, 3.63) is 58.4 Å².